The van der Waals surface area contributed by atoms with Gasteiger partial charge in [0, 0.05) is 11.6 Å². The molecule has 1 rings (SSSR count). The van der Waals surface area contributed by atoms with E-state index in [0.717, 1.165) is 5.57 Å². The van der Waals surface area contributed by atoms with Crippen LogP contribution in [0.25, 0.3) is 0 Å². The van der Waals surface area contributed by atoms with E-state index in [1.54, 1.807) is 6.92 Å². The maximum Gasteiger partial charge on any atom is 0.306 e. The van der Waals surface area contributed by atoms with Gasteiger partial charge in [-0.05, 0) is 33.6 Å². The summed E-state index contributed by atoms with van der Waals surface area (Å²) in [4.78, 5) is 22.1. The number of allylic oxidation sites excluding steroid dienone is 1. The number of carbonyl (C=O) groups excluding carboxylic acids is 1. The van der Waals surface area contributed by atoms with E-state index in [1.807, 2.05) is 13.8 Å². The number of aliphatic carboxylic acids is 1. The van der Waals surface area contributed by atoms with Crippen LogP contribution in [-0.4, -0.2) is 23.0 Å². The average Bonchev–Trinajstić information content (AvgIpc) is 2.07. The van der Waals surface area contributed by atoms with Gasteiger partial charge < -0.3 is 10.4 Å². The molecule has 0 aromatic heterocycles. The van der Waals surface area contributed by atoms with Gasteiger partial charge in [0.05, 0.1) is 5.92 Å². The first kappa shape index (κ1) is 11.8. The van der Waals surface area contributed by atoms with Gasteiger partial charge in [-0.2, -0.15) is 0 Å². The summed E-state index contributed by atoms with van der Waals surface area (Å²) in [5.41, 5.74) is 1.70. The van der Waals surface area contributed by atoms with Crippen molar-refractivity contribution in [1.29, 1.82) is 0 Å². The lowest BCUT2D eigenvalue weighted by atomic mass is 9.80. The Balaban J connectivity index is 2.37. The summed E-state index contributed by atoms with van der Waals surface area (Å²) < 4.78 is 0. The highest BCUT2D eigenvalue weighted by Gasteiger charge is 2.35. The molecule has 0 heterocycles. The fourth-order valence-electron chi connectivity index (χ4n) is 1.46. The highest BCUT2D eigenvalue weighted by molar-refractivity contribution is 5.93. The Morgan fingerprint density at radius 2 is 1.73 bits per heavy atom. The quantitative estimate of drug-likeness (QED) is 0.692. The summed E-state index contributed by atoms with van der Waals surface area (Å²) in [6, 6.07) is 0.0351. The largest absolute Gasteiger partial charge is 0.481 e. The lowest BCUT2D eigenvalue weighted by molar-refractivity contribution is -0.146. The number of amides is 1. The van der Waals surface area contributed by atoms with Crippen molar-refractivity contribution in [3.8, 4) is 0 Å². The lowest BCUT2D eigenvalue weighted by Crippen LogP contribution is -2.47. The zero-order valence-corrected chi connectivity index (χ0v) is 9.33. The van der Waals surface area contributed by atoms with Crippen LogP contribution in [-0.2, 0) is 9.59 Å². The zero-order chi connectivity index (χ0) is 11.6. The van der Waals surface area contributed by atoms with E-state index in [0.29, 0.717) is 18.4 Å². The first-order valence-electron chi connectivity index (χ1n) is 5.09. The second-order valence-corrected chi connectivity index (χ2v) is 4.30. The molecule has 0 aromatic carbocycles. The van der Waals surface area contributed by atoms with Gasteiger partial charge in [-0.15, -0.1) is 0 Å². The summed E-state index contributed by atoms with van der Waals surface area (Å²) >= 11 is 0. The standard InChI is InChI=1S/C11H17NO3/c1-6(2)7(3)10(13)12-9-4-8(5-9)11(14)15/h8-9H,4-5H2,1-3H3,(H,12,13)(H,14,15). The van der Waals surface area contributed by atoms with Gasteiger partial charge in [-0.1, -0.05) is 5.57 Å². The number of rotatable bonds is 3. The number of hydrogen-bond acceptors (Lipinski definition) is 2. The smallest absolute Gasteiger partial charge is 0.306 e. The summed E-state index contributed by atoms with van der Waals surface area (Å²) in [5.74, 6) is -1.12. The topological polar surface area (TPSA) is 66.4 Å². The maximum absolute atomic E-state index is 11.5. The molecule has 1 aliphatic carbocycles. The van der Waals surface area contributed by atoms with Crippen molar-refractivity contribution < 1.29 is 14.7 Å². The second-order valence-electron chi connectivity index (χ2n) is 4.30. The minimum absolute atomic E-state index is 0.0351. The Morgan fingerprint density at radius 1 is 1.20 bits per heavy atom. The van der Waals surface area contributed by atoms with E-state index in [1.165, 1.54) is 0 Å². The van der Waals surface area contributed by atoms with Crippen molar-refractivity contribution in [3.05, 3.63) is 11.1 Å². The van der Waals surface area contributed by atoms with Crippen molar-refractivity contribution in [2.75, 3.05) is 0 Å². The SMILES string of the molecule is CC(C)=C(C)C(=O)NC1CC(C(=O)O)C1. The van der Waals surface area contributed by atoms with Gasteiger partial charge in [0.15, 0.2) is 0 Å². The van der Waals surface area contributed by atoms with Crippen LogP contribution in [0.4, 0.5) is 0 Å². The van der Waals surface area contributed by atoms with Gasteiger partial charge in [-0.25, -0.2) is 0 Å². The Labute approximate surface area is 89.4 Å². The first-order valence-corrected chi connectivity index (χ1v) is 5.09. The number of carboxylic acids is 1. The molecule has 0 aromatic rings. The van der Waals surface area contributed by atoms with Gasteiger partial charge >= 0.3 is 5.97 Å². The predicted molar refractivity (Wildman–Crippen MR) is 56.3 cm³/mol. The van der Waals surface area contributed by atoms with E-state index in [2.05, 4.69) is 5.32 Å². The molecule has 0 radical (unpaired) electrons. The molecule has 1 saturated carbocycles. The van der Waals surface area contributed by atoms with E-state index in [4.69, 9.17) is 5.11 Å². The minimum Gasteiger partial charge on any atom is -0.481 e. The number of carbonyl (C=O) groups is 2. The molecule has 4 heteroatoms. The second kappa shape index (κ2) is 4.47. The molecule has 1 fully saturated rings. The summed E-state index contributed by atoms with van der Waals surface area (Å²) in [7, 11) is 0. The van der Waals surface area contributed by atoms with Gasteiger partial charge in [0.2, 0.25) is 5.91 Å². The first-order chi connectivity index (χ1) is 6.91. The molecule has 1 amide bonds. The Morgan fingerprint density at radius 3 is 2.13 bits per heavy atom. The molecule has 0 unspecified atom stereocenters. The third-order valence-corrected chi connectivity index (χ3v) is 2.91. The molecule has 0 spiro atoms. The third kappa shape index (κ3) is 2.81. The van der Waals surface area contributed by atoms with Gasteiger partial charge in [0.1, 0.15) is 0 Å². The van der Waals surface area contributed by atoms with Crippen LogP contribution in [0.1, 0.15) is 33.6 Å². The van der Waals surface area contributed by atoms with Gasteiger partial charge in [-0.3, -0.25) is 9.59 Å². The average molecular weight is 211 g/mol. The fourth-order valence-corrected chi connectivity index (χ4v) is 1.46. The van der Waals surface area contributed by atoms with Crippen LogP contribution in [0.3, 0.4) is 0 Å². The molecule has 2 N–H and O–H groups in total. The molecular formula is C11H17NO3. The van der Waals surface area contributed by atoms with Crippen molar-refractivity contribution in [2.45, 2.75) is 39.7 Å². The Hall–Kier alpha value is -1.32. The number of nitrogens with one attached hydrogen (secondary N) is 1. The van der Waals surface area contributed by atoms with E-state index >= 15 is 0 Å². The molecule has 0 atom stereocenters. The molecule has 0 aliphatic heterocycles. The summed E-state index contributed by atoms with van der Waals surface area (Å²) in [5, 5.41) is 11.5. The fraction of sp³-hybridized carbons (Fsp3) is 0.636. The lowest BCUT2D eigenvalue weighted by Gasteiger charge is -2.33. The molecule has 84 valence electrons. The van der Waals surface area contributed by atoms with Crippen LogP contribution >= 0.6 is 0 Å². The van der Waals surface area contributed by atoms with Crippen molar-refractivity contribution in [1.82, 2.24) is 5.32 Å². The molecule has 0 saturated heterocycles. The highest BCUT2D eigenvalue weighted by Crippen LogP contribution is 2.27. The van der Waals surface area contributed by atoms with Crippen LogP contribution in [0, 0.1) is 5.92 Å². The third-order valence-electron chi connectivity index (χ3n) is 2.91. The molecule has 0 bridgehead atoms. The van der Waals surface area contributed by atoms with E-state index < -0.39 is 5.97 Å². The summed E-state index contributed by atoms with van der Waals surface area (Å²) in [6.07, 6.45) is 1.11. The normalized spacial score (nSPS) is 23.9. The highest BCUT2D eigenvalue weighted by atomic mass is 16.4. The van der Waals surface area contributed by atoms with Crippen LogP contribution in [0.15, 0.2) is 11.1 Å². The van der Waals surface area contributed by atoms with Crippen molar-refractivity contribution in [3.63, 3.8) is 0 Å². The van der Waals surface area contributed by atoms with E-state index in [-0.39, 0.29) is 17.9 Å². The van der Waals surface area contributed by atoms with Crippen molar-refractivity contribution >= 4 is 11.9 Å². The molecular weight excluding hydrogens is 194 g/mol. The monoisotopic (exact) mass is 211 g/mol. The molecule has 15 heavy (non-hydrogen) atoms. The Bertz CT molecular complexity index is 310. The van der Waals surface area contributed by atoms with Gasteiger partial charge in [0.25, 0.3) is 0 Å². The molecule has 1 aliphatic rings. The number of hydrogen-bond donors (Lipinski definition) is 2. The van der Waals surface area contributed by atoms with Crippen LogP contribution in [0.5, 0.6) is 0 Å². The van der Waals surface area contributed by atoms with Crippen molar-refractivity contribution in [2.24, 2.45) is 5.92 Å². The van der Waals surface area contributed by atoms with Crippen LogP contribution < -0.4 is 5.32 Å². The zero-order valence-electron chi connectivity index (χ0n) is 9.33. The van der Waals surface area contributed by atoms with Crippen LogP contribution in [0.2, 0.25) is 0 Å². The maximum atomic E-state index is 11.5. The predicted octanol–water partition coefficient (Wildman–Crippen LogP) is 1.32. The minimum atomic E-state index is -0.764. The molecule has 4 nitrogen and oxygen atoms in total. The van der Waals surface area contributed by atoms with E-state index in [9.17, 15) is 9.59 Å². The Kier molecular flexibility index (Phi) is 3.50. The number of carboxylic acid groups (broad SMARTS) is 1. The summed E-state index contributed by atoms with van der Waals surface area (Å²) in [6.45, 7) is 5.55.